The predicted octanol–water partition coefficient (Wildman–Crippen LogP) is 3.18. The van der Waals surface area contributed by atoms with Crippen LogP contribution in [0.4, 0.5) is 0 Å². The standard InChI is InChI=1S/C13H20Cl2N2O2S/c1-3-5-16-9-10-7-13(12(15)8-11(10)14)20(18,19)17-6-4-2/h7-8,16-17H,3-6,9H2,1-2H3. The molecule has 0 bridgehead atoms. The van der Waals surface area contributed by atoms with Crippen molar-refractivity contribution in [2.24, 2.45) is 0 Å². The minimum Gasteiger partial charge on any atom is -0.313 e. The van der Waals surface area contributed by atoms with Crippen LogP contribution >= 0.6 is 23.2 Å². The van der Waals surface area contributed by atoms with E-state index in [1.165, 1.54) is 12.1 Å². The van der Waals surface area contributed by atoms with E-state index in [1.807, 2.05) is 6.92 Å². The van der Waals surface area contributed by atoms with Crippen LogP contribution in [-0.4, -0.2) is 21.5 Å². The Labute approximate surface area is 130 Å². The van der Waals surface area contributed by atoms with Gasteiger partial charge in [0, 0.05) is 18.1 Å². The van der Waals surface area contributed by atoms with E-state index in [4.69, 9.17) is 23.2 Å². The van der Waals surface area contributed by atoms with E-state index in [0.29, 0.717) is 18.1 Å². The summed E-state index contributed by atoms with van der Waals surface area (Å²) in [5, 5.41) is 3.79. The van der Waals surface area contributed by atoms with Crippen LogP contribution in [0.5, 0.6) is 0 Å². The summed E-state index contributed by atoms with van der Waals surface area (Å²) >= 11 is 12.1. The van der Waals surface area contributed by atoms with Crippen molar-refractivity contribution in [3.63, 3.8) is 0 Å². The number of nitrogens with one attached hydrogen (secondary N) is 2. The quantitative estimate of drug-likeness (QED) is 0.715. The molecule has 0 aliphatic heterocycles. The molecule has 20 heavy (non-hydrogen) atoms. The normalized spacial score (nSPS) is 11.8. The molecule has 0 spiro atoms. The predicted molar refractivity (Wildman–Crippen MR) is 83.9 cm³/mol. The maximum atomic E-state index is 12.1. The molecule has 4 nitrogen and oxygen atoms in total. The second-order valence-electron chi connectivity index (χ2n) is 4.45. The third-order valence-electron chi connectivity index (χ3n) is 2.67. The lowest BCUT2D eigenvalue weighted by molar-refractivity contribution is 0.580. The summed E-state index contributed by atoms with van der Waals surface area (Å²) in [6.07, 6.45) is 1.71. The molecule has 0 atom stereocenters. The Hall–Kier alpha value is -0.330. The van der Waals surface area contributed by atoms with Gasteiger partial charge in [-0.25, -0.2) is 13.1 Å². The lowest BCUT2D eigenvalue weighted by Crippen LogP contribution is -2.25. The molecule has 7 heteroatoms. The highest BCUT2D eigenvalue weighted by Crippen LogP contribution is 2.28. The van der Waals surface area contributed by atoms with Gasteiger partial charge in [-0.1, -0.05) is 37.0 Å². The first kappa shape index (κ1) is 17.7. The molecular formula is C13H20Cl2N2O2S. The molecule has 0 saturated carbocycles. The van der Waals surface area contributed by atoms with Crippen molar-refractivity contribution in [2.75, 3.05) is 13.1 Å². The average molecular weight is 339 g/mol. The van der Waals surface area contributed by atoms with Gasteiger partial charge in [-0.05, 0) is 37.1 Å². The van der Waals surface area contributed by atoms with Crippen molar-refractivity contribution in [3.8, 4) is 0 Å². The Morgan fingerprint density at radius 3 is 2.30 bits per heavy atom. The molecule has 114 valence electrons. The Bertz CT molecular complexity index is 548. The zero-order valence-corrected chi connectivity index (χ0v) is 14.0. The third-order valence-corrected chi connectivity index (χ3v) is 4.95. The van der Waals surface area contributed by atoms with E-state index in [-0.39, 0.29) is 9.92 Å². The first-order valence-electron chi connectivity index (χ1n) is 6.60. The molecule has 1 rings (SSSR count). The third kappa shape index (κ3) is 4.90. The highest BCUT2D eigenvalue weighted by molar-refractivity contribution is 7.89. The summed E-state index contributed by atoms with van der Waals surface area (Å²) in [6.45, 7) is 5.69. The fourth-order valence-corrected chi connectivity index (χ4v) is 3.62. The molecule has 0 saturated heterocycles. The van der Waals surface area contributed by atoms with Gasteiger partial charge in [0.1, 0.15) is 4.90 Å². The van der Waals surface area contributed by atoms with Gasteiger partial charge in [-0.15, -0.1) is 0 Å². The number of halogens is 2. The summed E-state index contributed by atoms with van der Waals surface area (Å²) < 4.78 is 26.8. The van der Waals surface area contributed by atoms with E-state index in [2.05, 4.69) is 17.0 Å². The molecule has 0 aromatic heterocycles. The first-order chi connectivity index (χ1) is 9.42. The van der Waals surface area contributed by atoms with Crippen LogP contribution in [0.15, 0.2) is 17.0 Å². The van der Waals surface area contributed by atoms with Crippen LogP contribution in [-0.2, 0) is 16.6 Å². The van der Waals surface area contributed by atoms with Crippen molar-refractivity contribution >= 4 is 33.2 Å². The van der Waals surface area contributed by atoms with Crippen molar-refractivity contribution in [1.29, 1.82) is 0 Å². The minimum atomic E-state index is -3.59. The lowest BCUT2D eigenvalue weighted by atomic mass is 10.2. The maximum Gasteiger partial charge on any atom is 0.242 e. The van der Waals surface area contributed by atoms with Crippen molar-refractivity contribution in [3.05, 3.63) is 27.7 Å². The van der Waals surface area contributed by atoms with Gasteiger partial charge in [0.15, 0.2) is 0 Å². The molecule has 2 N–H and O–H groups in total. The second kappa shape index (κ2) is 8.20. The van der Waals surface area contributed by atoms with Crippen molar-refractivity contribution < 1.29 is 8.42 Å². The van der Waals surface area contributed by atoms with Crippen molar-refractivity contribution in [1.82, 2.24) is 10.0 Å². The number of hydrogen-bond acceptors (Lipinski definition) is 3. The smallest absolute Gasteiger partial charge is 0.242 e. The van der Waals surface area contributed by atoms with Gasteiger partial charge in [-0.2, -0.15) is 0 Å². The molecule has 0 amide bonds. The Morgan fingerprint density at radius 1 is 1.05 bits per heavy atom. The fourth-order valence-electron chi connectivity index (χ4n) is 1.63. The van der Waals surface area contributed by atoms with E-state index in [9.17, 15) is 8.42 Å². The highest BCUT2D eigenvalue weighted by Gasteiger charge is 2.19. The van der Waals surface area contributed by atoms with Gasteiger partial charge in [0.2, 0.25) is 10.0 Å². The van der Waals surface area contributed by atoms with Crippen LogP contribution in [0.2, 0.25) is 10.0 Å². The summed E-state index contributed by atoms with van der Waals surface area (Å²) in [5.74, 6) is 0. The van der Waals surface area contributed by atoms with Crippen LogP contribution in [0.1, 0.15) is 32.3 Å². The molecule has 0 fully saturated rings. The van der Waals surface area contributed by atoms with E-state index >= 15 is 0 Å². The summed E-state index contributed by atoms with van der Waals surface area (Å²) in [7, 11) is -3.59. The van der Waals surface area contributed by atoms with Gasteiger partial charge in [-0.3, -0.25) is 0 Å². The second-order valence-corrected chi connectivity index (χ2v) is 7.00. The molecule has 1 aromatic carbocycles. The Morgan fingerprint density at radius 2 is 1.70 bits per heavy atom. The summed E-state index contributed by atoms with van der Waals surface area (Å²) in [4.78, 5) is 0.0744. The van der Waals surface area contributed by atoms with E-state index in [1.54, 1.807) is 0 Å². The number of sulfonamides is 1. The van der Waals surface area contributed by atoms with Crippen LogP contribution in [0.3, 0.4) is 0 Å². The average Bonchev–Trinajstić information content (AvgIpc) is 2.39. The maximum absolute atomic E-state index is 12.1. The molecule has 0 radical (unpaired) electrons. The van der Waals surface area contributed by atoms with Crippen molar-refractivity contribution in [2.45, 2.75) is 38.1 Å². The van der Waals surface area contributed by atoms with Gasteiger partial charge in [0.25, 0.3) is 0 Å². The van der Waals surface area contributed by atoms with Gasteiger partial charge >= 0.3 is 0 Å². The van der Waals surface area contributed by atoms with E-state index in [0.717, 1.165) is 24.9 Å². The van der Waals surface area contributed by atoms with E-state index < -0.39 is 10.0 Å². The van der Waals surface area contributed by atoms with Crippen LogP contribution < -0.4 is 10.0 Å². The molecule has 0 aliphatic rings. The number of benzene rings is 1. The molecule has 0 heterocycles. The Balaban J connectivity index is 3.04. The summed E-state index contributed by atoms with van der Waals surface area (Å²) in [5.41, 5.74) is 0.724. The topological polar surface area (TPSA) is 58.2 Å². The minimum absolute atomic E-state index is 0.0744. The first-order valence-corrected chi connectivity index (χ1v) is 8.84. The number of hydrogen-bond donors (Lipinski definition) is 2. The fraction of sp³-hybridized carbons (Fsp3) is 0.538. The highest BCUT2D eigenvalue weighted by atomic mass is 35.5. The lowest BCUT2D eigenvalue weighted by Gasteiger charge is -2.12. The largest absolute Gasteiger partial charge is 0.313 e. The molecule has 1 aromatic rings. The SMILES string of the molecule is CCCNCc1cc(S(=O)(=O)NCCC)c(Cl)cc1Cl. The zero-order valence-electron chi connectivity index (χ0n) is 11.7. The van der Waals surface area contributed by atoms with Gasteiger partial charge < -0.3 is 5.32 Å². The van der Waals surface area contributed by atoms with Crippen LogP contribution in [0.25, 0.3) is 0 Å². The van der Waals surface area contributed by atoms with Gasteiger partial charge in [0.05, 0.1) is 5.02 Å². The number of rotatable bonds is 8. The zero-order chi connectivity index (χ0) is 15.2. The Kier molecular flexibility index (Phi) is 7.26. The molecule has 0 aliphatic carbocycles. The summed E-state index contributed by atoms with van der Waals surface area (Å²) in [6, 6.07) is 3.01. The molecular weight excluding hydrogens is 319 g/mol. The van der Waals surface area contributed by atoms with Crippen LogP contribution in [0, 0.1) is 0 Å². The molecule has 0 unspecified atom stereocenters. The monoisotopic (exact) mass is 338 g/mol.